The molecule has 0 saturated carbocycles. The molecule has 0 saturated heterocycles. The number of anilines is 1. The second kappa shape index (κ2) is 9.72. The van der Waals surface area contributed by atoms with Gasteiger partial charge in [0.1, 0.15) is 6.07 Å². The summed E-state index contributed by atoms with van der Waals surface area (Å²) in [6.45, 7) is 5.79. The summed E-state index contributed by atoms with van der Waals surface area (Å²) in [7, 11) is 0. The molecule has 1 aromatic heterocycles. The van der Waals surface area contributed by atoms with Crippen LogP contribution < -0.4 is 5.32 Å². The van der Waals surface area contributed by atoms with Crippen molar-refractivity contribution in [3.63, 3.8) is 0 Å². The molecule has 0 fully saturated rings. The highest BCUT2D eigenvalue weighted by Crippen LogP contribution is 2.43. The first-order valence-corrected chi connectivity index (χ1v) is 11.8. The fourth-order valence-electron chi connectivity index (χ4n) is 4.14. The summed E-state index contributed by atoms with van der Waals surface area (Å²) >= 11 is 7.73. The van der Waals surface area contributed by atoms with Gasteiger partial charge in [-0.1, -0.05) is 43.6 Å². The van der Waals surface area contributed by atoms with Crippen LogP contribution in [0.15, 0.2) is 42.5 Å². The number of carbonyl (C=O) groups excluding carboxylic acids is 1. The predicted octanol–water partition coefficient (Wildman–Crippen LogP) is 5.43. The Hall–Kier alpha value is -3.23. The van der Waals surface area contributed by atoms with Gasteiger partial charge in [0.05, 0.1) is 40.4 Å². The van der Waals surface area contributed by atoms with Crippen molar-refractivity contribution in [1.82, 2.24) is 9.88 Å². The molecule has 2 heterocycles. The normalized spacial score (nSPS) is 15.2. The van der Waals surface area contributed by atoms with Crippen molar-refractivity contribution in [2.45, 2.75) is 39.4 Å². The summed E-state index contributed by atoms with van der Waals surface area (Å²) in [6.07, 6.45) is 0.231. The Bertz CT molecular complexity index is 1270. The van der Waals surface area contributed by atoms with Crippen molar-refractivity contribution >= 4 is 34.0 Å². The maximum Gasteiger partial charge on any atom is 0.230 e. The molecule has 8 heteroatoms. The maximum absolute atomic E-state index is 12.5. The Kier molecular flexibility index (Phi) is 6.76. The zero-order valence-corrected chi connectivity index (χ0v) is 19.9. The number of nitrogens with one attached hydrogen (secondary N) is 1. The van der Waals surface area contributed by atoms with E-state index in [4.69, 9.17) is 27.1 Å². The van der Waals surface area contributed by atoms with Gasteiger partial charge in [0.2, 0.25) is 5.91 Å². The number of hydrogen-bond donors (Lipinski definition) is 1. The summed E-state index contributed by atoms with van der Waals surface area (Å²) in [5, 5.41) is 22.0. The summed E-state index contributed by atoms with van der Waals surface area (Å²) in [4.78, 5) is 20.8. The lowest BCUT2D eigenvalue weighted by Gasteiger charge is -2.27. The van der Waals surface area contributed by atoms with Crippen molar-refractivity contribution in [1.29, 1.82) is 10.5 Å². The second-order valence-corrected chi connectivity index (χ2v) is 9.87. The minimum Gasteiger partial charge on any atom is -0.302 e. The van der Waals surface area contributed by atoms with Crippen molar-refractivity contribution in [3.8, 4) is 12.1 Å². The van der Waals surface area contributed by atoms with E-state index in [0.717, 1.165) is 28.2 Å². The lowest BCUT2D eigenvalue weighted by Crippen LogP contribution is -2.26. The van der Waals surface area contributed by atoms with E-state index in [2.05, 4.69) is 36.2 Å². The molecule has 1 aliphatic heterocycles. The number of benzene rings is 2. The molecule has 1 aliphatic rings. The van der Waals surface area contributed by atoms with Crippen LogP contribution in [0.1, 0.15) is 52.7 Å². The molecule has 0 bridgehead atoms. The van der Waals surface area contributed by atoms with Gasteiger partial charge in [-0.2, -0.15) is 10.5 Å². The number of hydrogen-bond acceptors (Lipinski definition) is 6. The van der Waals surface area contributed by atoms with Gasteiger partial charge < -0.3 is 5.32 Å². The molecule has 0 aliphatic carbocycles. The van der Waals surface area contributed by atoms with Crippen LogP contribution in [-0.2, 0) is 24.3 Å². The lowest BCUT2D eigenvalue weighted by molar-refractivity contribution is -0.115. The number of amides is 1. The molecule has 3 aromatic rings. The number of carbonyl (C=O) groups is 1. The Labute approximate surface area is 202 Å². The van der Waals surface area contributed by atoms with Crippen molar-refractivity contribution < 1.29 is 4.79 Å². The highest BCUT2D eigenvalue weighted by Gasteiger charge is 2.36. The van der Waals surface area contributed by atoms with Gasteiger partial charge in [0.25, 0.3) is 0 Å². The quantitative estimate of drug-likeness (QED) is 0.512. The van der Waals surface area contributed by atoms with Crippen LogP contribution in [-0.4, -0.2) is 15.8 Å². The highest BCUT2D eigenvalue weighted by atomic mass is 35.5. The van der Waals surface area contributed by atoms with Crippen LogP contribution in [0.5, 0.6) is 0 Å². The van der Waals surface area contributed by atoms with Crippen LogP contribution in [0, 0.1) is 28.6 Å². The fraction of sp³-hybridized carbons (Fsp3) is 0.280. The average Bonchev–Trinajstić information content (AvgIpc) is 3.30. The summed E-state index contributed by atoms with van der Waals surface area (Å²) in [5.74, 6) is 0.210. The Morgan fingerprint density at radius 2 is 1.94 bits per heavy atom. The van der Waals surface area contributed by atoms with Crippen molar-refractivity contribution in [3.05, 3.63) is 80.3 Å². The zero-order chi connectivity index (χ0) is 23.5. The van der Waals surface area contributed by atoms with E-state index < -0.39 is 0 Å². The van der Waals surface area contributed by atoms with Gasteiger partial charge >= 0.3 is 0 Å². The molecule has 33 heavy (non-hydrogen) atoms. The summed E-state index contributed by atoms with van der Waals surface area (Å²) in [6, 6.07) is 16.9. The first-order valence-electron chi connectivity index (χ1n) is 10.6. The third-order valence-corrected chi connectivity index (χ3v) is 6.90. The number of thiazole rings is 1. The molecule has 4 rings (SSSR count). The number of nitrogens with zero attached hydrogens (tertiary/aromatic N) is 4. The minimum absolute atomic E-state index is 0.127. The molecular formula is C25H22ClN5OS. The third-order valence-electron chi connectivity index (χ3n) is 5.61. The predicted molar refractivity (Wildman–Crippen MR) is 129 cm³/mol. The van der Waals surface area contributed by atoms with Crippen LogP contribution in [0.4, 0.5) is 5.13 Å². The van der Waals surface area contributed by atoms with Gasteiger partial charge in [-0.25, -0.2) is 4.98 Å². The summed E-state index contributed by atoms with van der Waals surface area (Å²) in [5.41, 5.74) is 3.97. The Morgan fingerprint density at radius 1 is 1.21 bits per heavy atom. The SMILES string of the molecule is CC(C)[C@H]1c2nc(NC(=O)Cc3ccc(C#N)cc3)sc2CN1Cc1ccc(C#N)c(Cl)c1. The second-order valence-electron chi connectivity index (χ2n) is 8.38. The average molecular weight is 476 g/mol. The van der Waals surface area contributed by atoms with E-state index >= 15 is 0 Å². The molecule has 1 N–H and O–H groups in total. The molecular weight excluding hydrogens is 454 g/mol. The number of fused-ring (bicyclic) bond motifs is 1. The Morgan fingerprint density at radius 3 is 2.58 bits per heavy atom. The molecule has 0 unspecified atom stereocenters. The number of nitriles is 2. The standard InChI is InChI=1S/C25H22ClN5OS/c1-15(2)24-23-21(14-31(24)13-18-7-8-19(12-28)20(26)9-18)33-25(30-23)29-22(32)10-16-3-5-17(11-27)6-4-16/h3-9,15,24H,10,13-14H2,1-2H3,(H,29,30,32)/t24-/m0/s1. The van der Waals surface area contributed by atoms with Gasteiger partial charge in [-0.3, -0.25) is 9.69 Å². The molecule has 0 spiro atoms. The first kappa shape index (κ1) is 22.9. The highest BCUT2D eigenvalue weighted by molar-refractivity contribution is 7.15. The van der Waals surface area contributed by atoms with E-state index in [1.54, 1.807) is 30.3 Å². The molecule has 2 aromatic carbocycles. The van der Waals surface area contributed by atoms with E-state index in [1.165, 1.54) is 11.3 Å². The van der Waals surface area contributed by atoms with E-state index in [-0.39, 0.29) is 18.4 Å². The third kappa shape index (κ3) is 5.07. The molecule has 6 nitrogen and oxygen atoms in total. The molecule has 166 valence electrons. The maximum atomic E-state index is 12.5. The minimum atomic E-state index is -0.127. The van der Waals surface area contributed by atoms with Crippen LogP contribution >= 0.6 is 22.9 Å². The molecule has 1 atom stereocenters. The van der Waals surface area contributed by atoms with Crippen LogP contribution in [0.25, 0.3) is 0 Å². The van der Waals surface area contributed by atoms with Crippen molar-refractivity contribution in [2.75, 3.05) is 5.32 Å². The first-order chi connectivity index (χ1) is 15.9. The number of aromatic nitrogens is 1. The van der Waals surface area contributed by atoms with E-state index in [9.17, 15) is 4.79 Å². The van der Waals surface area contributed by atoms with Crippen LogP contribution in [0.3, 0.4) is 0 Å². The molecule has 0 radical (unpaired) electrons. The van der Waals surface area contributed by atoms with Gasteiger partial charge in [-0.05, 0) is 41.3 Å². The van der Waals surface area contributed by atoms with Gasteiger partial charge in [0, 0.05) is 18.0 Å². The fourth-order valence-corrected chi connectivity index (χ4v) is 5.43. The van der Waals surface area contributed by atoms with E-state index in [0.29, 0.717) is 33.7 Å². The van der Waals surface area contributed by atoms with Gasteiger partial charge in [-0.15, -0.1) is 11.3 Å². The Balaban J connectivity index is 1.45. The number of halogens is 1. The zero-order valence-electron chi connectivity index (χ0n) is 18.3. The molecule has 1 amide bonds. The number of rotatable bonds is 6. The van der Waals surface area contributed by atoms with Gasteiger partial charge in [0.15, 0.2) is 5.13 Å². The monoisotopic (exact) mass is 475 g/mol. The van der Waals surface area contributed by atoms with Crippen LogP contribution in [0.2, 0.25) is 5.02 Å². The van der Waals surface area contributed by atoms with E-state index in [1.807, 2.05) is 12.1 Å². The van der Waals surface area contributed by atoms with Crippen molar-refractivity contribution in [2.24, 2.45) is 5.92 Å². The summed E-state index contributed by atoms with van der Waals surface area (Å²) < 4.78 is 0. The smallest absolute Gasteiger partial charge is 0.230 e. The largest absolute Gasteiger partial charge is 0.302 e. The topological polar surface area (TPSA) is 92.8 Å². The lowest BCUT2D eigenvalue weighted by atomic mass is 10.0.